The molecule has 2 aromatic heterocycles. The molecule has 1 amide bonds. The van der Waals surface area contributed by atoms with Crippen LogP contribution in [0.5, 0.6) is 0 Å². The van der Waals surface area contributed by atoms with Gasteiger partial charge in [-0.15, -0.1) is 0 Å². The Balaban J connectivity index is 1.51. The number of hydrogen-bond acceptors (Lipinski definition) is 2. The second kappa shape index (κ2) is 7.92. The van der Waals surface area contributed by atoms with E-state index in [1.165, 1.54) is 16.7 Å². The van der Waals surface area contributed by atoms with E-state index in [1.807, 2.05) is 36.6 Å². The summed E-state index contributed by atoms with van der Waals surface area (Å²) in [6.45, 7) is 6.61. The number of aromatic nitrogens is 2. The zero-order valence-electron chi connectivity index (χ0n) is 17.1. The molecule has 0 bridgehead atoms. The lowest BCUT2D eigenvalue weighted by Crippen LogP contribution is -2.25. The van der Waals surface area contributed by atoms with Crippen LogP contribution in [0, 0.1) is 13.8 Å². The molecule has 4 nitrogen and oxygen atoms in total. The van der Waals surface area contributed by atoms with Crippen LogP contribution >= 0.6 is 0 Å². The Hall–Kier alpha value is -3.40. The van der Waals surface area contributed by atoms with Gasteiger partial charge in [-0.2, -0.15) is 0 Å². The van der Waals surface area contributed by atoms with Crippen LogP contribution in [0.25, 0.3) is 16.8 Å². The highest BCUT2D eigenvalue weighted by Crippen LogP contribution is 2.20. The maximum absolute atomic E-state index is 12.9. The standard InChI is InChI=1S/C25H25N3O/c1-4-22-24(28-16-18(3)7-14-23(28)27-22)25(29)26-15-19-8-12-21(13-9-19)20-10-5-17(2)6-11-20/h5-14,16H,4,15H2,1-3H3,(H,26,29). The summed E-state index contributed by atoms with van der Waals surface area (Å²) in [5, 5.41) is 3.05. The molecule has 4 heteroatoms. The van der Waals surface area contributed by atoms with Gasteiger partial charge in [-0.3, -0.25) is 9.20 Å². The molecule has 2 aromatic carbocycles. The molecule has 0 fully saturated rings. The molecule has 0 aliphatic carbocycles. The largest absolute Gasteiger partial charge is 0.347 e. The summed E-state index contributed by atoms with van der Waals surface area (Å²) in [6.07, 6.45) is 2.68. The van der Waals surface area contributed by atoms with Crippen LogP contribution in [0.4, 0.5) is 0 Å². The highest BCUT2D eigenvalue weighted by Gasteiger charge is 2.18. The molecule has 0 radical (unpaired) electrons. The summed E-state index contributed by atoms with van der Waals surface area (Å²) in [5.41, 5.74) is 8.04. The van der Waals surface area contributed by atoms with Gasteiger partial charge in [0.05, 0.1) is 5.69 Å². The number of hydrogen-bond donors (Lipinski definition) is 1. The molecule has 1 N–H and O–H groups in total. The van der Waals surface area contributed by atoms with Crippen molar-refractivity contribution in [2.75, 3.05) is 0 Å². The van der Waals surface area contributed by atoms with Crippen molar-refractivity contribution in [2.45, 2.75) is 33.7 Å². The molecule has 4 rings (SSSR count). The second-order valence-electron chi connectivity index (χ2n) is 7.44. The molecule has 0 unspecified atom stereocenters. The molecule has 4 aromatic rings. The number of nitrogens with one attached hydrogen (secondary N) is 1. The van der Waals surface area contributed by atoms with Crippen LogP contribution in [-0.2, 0) is 13.0 Å². The lowest BCUT2D eigenvalue weighted by atomic mass is 10.0. The predicted molar refractivity (Wildman–Crippen MR) is 117 cm³/mol. The molecule has 0 saturated carbocycles. The van der Waals surface area contributed by atoms with E-state index in [4.69, 9.17) is 0 Å². The van der Waals surface area contributed by atoms with E-state index in [9.17, 15) is 4.79 Å². The van der Waals surface area contributed by atoms with Gasteiger partial charge in [-0.1, -0.05) is 67.1 Å². The molecule has 146 valence electrons. The number of amides is 1. The third-order valence-corrected chi connectivity index (χ3v) is 5.18. The number of aryl methyl sites for hydroxylation is 3. The van der Waals surface area contributed by atoms with Gasteiger partial charge < -0.3 is 5.32 Å². The number of carbonyl (C=O) groups is 1. The summed E-state index contributed by atoms with van der Waals surface area (Å²) in [6, 6.07) is 20.8. The van der Waals surface area contributed by atoms with Crippen molar-refractivity contribution in [2.24, 2.45) is 0 Å². The normalized spacial score (nSPS) is 11.0. The molecular formula is C25H25N3O. The van der Waals surface area contributed by atoms with E-state index in [-0.39, 0.29) is 5.91 Å². The lowest BCUT2D eigenvalue weighted by Gasteiger charge is -2.08. The van der Waals surface area contributed by atoms with Gasteiger partial charge in [0.1, 0.15) is 11.3 Å². The number of fused-ring (bicyclic) bond motifs is 1. The Morgan fingerprint density at radius 2 is 1.52 bits per heavy atom. The number of rotatable bonds is 5. The number of carbonyl (C=O) groups excluding carboxylic acids is 1. The first-order chi connectivity index (χ1) is 14.0. The van der Waals surface area contributed by atoms with E-state index in [0.717, 1.165) is 22.5 Å². The van der Waals surface area contributed by atoms with E-state index in [0.29, 0.717) is 18.7 Å². The van der Waals surface area contributed by atoms with Gasteiger partial charge in [0.15, 0.2) is 0 Å². The van der Waals surface area contributed by atoms with Crippen LogP contribution < -0.4 is 5.32 Å². The summed E-state index contributed by atoms with van der Waals surface area (Å²) in [5.74, 6) is -0.0949. The van der Waals surface area contributed by atoms with Gasteiger partial charge in [-0.05, 0) is 48.6 Å². The highest BCUT2D eigenvalue weighted by atomic mass is 16.1. The SMILES string of the molecule is CCc1nc2ccc(C)cn2c1C(=O)NCc1ccc(-c2ccc(C)cc2)cc1. The van der Waals surface area contributed by atoms with Gasteiger partial charge in [-0.25, -0.2) is 4.98 Å². The molecule has 0 atom stereocenters. The average molecular weight is 383 g/mol. The number of imidazole rings is 1. The summed E-state index contributed by atoms with van der Waals surface area (Å²) in [4.78, 5) is 17.5. The van der Waals surface area contributed by atoms with Crippen LogP contribution in [0.3, 0.4) is 0 Å². The van der Waals surface area contributed by atoms with Crippen molar-refractivity contribution >= 4 is 11.6 Å². The third-order valence-electron chi connectivity index (χ3n) is 5.18. The van der Waals surface area contributed by atoms with Crippen molar-refractivity contribution in [3.8, 4) is 11.1 Å². The smallest absolute Gasteiger partial charge is 0.270 e. The van der Waals surface area contributed by atoms with Crippen molar-refractivity contribution in [1.29, 1.82) is 0 Å². The zero-order chi connectivity index (χ0) is 20.4. The molecule has 29 heavy (non-hydrogen) atoms. The van der Waals surface area contributed by atoms with E-state index in [2.05, 4.69) is 65.8 Å². The van der Waals surface area contributed by atoms with Crippen LogP contribution in [0.15, 0.2) is 66.9 Å². The topological polar surface area (TPSA) is 46.4 Å². The summed E-state index contributed by atoms with van der Waals surface area (Å²) < 4.78 is 1.89. The van der Waals surface area contributed by atoms with Crippen LogP contribution in [0.1, 0.15) is 39.8 Å². The fraction of sp³-hybridized carbons (Fsp3) is 0.200. The van der Waals surface area contributed by atoms with Crippen molar-refractivity contribution < 1.29 is 4.79 Å². The maximum atomic E-state index is 12.9. The maximum Gasteiger partial charge on any atom is 0.270 e. The molecule has 0 saturated heterocycles. The van der Waals surface area contributed by atoms with Gasteiger partial charge in [0.2, 0.25) is 0 Å². The average Bonchev–Trinajstić information content (AvgIpc) is 3.11. The second-order valence-corrected chi connectivity index (χ2v) is 7.44. The summed E-state index contributed by atoms with van der Waals surface area (Å²) in [7, 11) is 0. The quantitative estimate of drug-likeness (QED) is 0.520. The Morgan fingerprint density at radius 3 is 2.17 bits per heavy atom. The van der Waals surface area contributed by atoms with Crippen LogP contribution in [0.2, 0.25) is 0 Å². The van der Waals surface area contributed by atoms with E-state index >= 15 is 0 Å². The zero-order valence-corrected chi connectivity index (χ0v) is 17.1. The fourth-order valence-corrected chi connectivity index (χ4v) is 3.51. The molecule has 0 aliphatic rings. The van der Waals surface area contributed by atoms with E-state index < -0.39 is 0 Å². The Bertz CT molecular complexity index is 1160. The molecular weight excluding hydrogens is 358 g/mol. The molecule has 0 spiro atoms. The summed E-state index contributed by atoms with van der Waals surface area (Å²) >= 11 is 0. The number of benzene rings is 2. The van der Waals surface area contributed by atoms with Crippen molar-refractivity contribution in [1.82, 2.24) is 14.7 Å². The Labute approximate surface area is 171 Å². The Morgan fingerprint density at radius 1 is 0.897 bits per heavy atom. The van der Waals surface area contributed by atoms with Gasteiger partial charge in [0, 0.05) is 12.7 Å². The first-order valence-electron chi connectivity index (χ1n) is 9.97. The first-order valence-corrected chi connectivity index (χ1v) is 9.97. The predicted octanol–water partition coefficient (Wildman–Crippen LogP) is 5.11. The van der Waals surface area contributed by atoms with E-state index in [1.54, 1.807) is 0 Å². The van der Waals surface area contributed by atoms with Crippen LogP contribution in [-0.4, -0.2) is 15.3 Å². The number of pyridine rings is 1. The monoisotopic (exact) mass is 383 g/mol. The minimum atomic E-state index is -0.0949. The number of nitrogens with zero attached hydrogens (tertiary/aromatic N) is 2. The fourth-order valence-electron chi connectivity index (χ4n) is 3.51. The first kappa shape index (κ1) is 18.9. The third kappa shape index (κ3) is 3.92. The van der Waals surface area contributed by atoms with Crippen molar-refractivity contribution in [3.63, 3.8) is 0 Å². The van der Waals surface area contributed by atoms with Crippen molar-refractivity contribution in [3.05, 3.63) is 94.9 Å². The lowest BCUT2D eigenvalue weighted by molar-refractivity contribution is 0.0944. The highest BCUT2D eigenvalue weighted by molar-refractivity contribution is 5.94. The Kier molecular flexibility index (Phi) is 5.17. The van der Waals surface area contributed by atoms with Gasteiger partial charge >= 0.3 is 0 Å². The van der Waals surface area contributed by atoms with Gasteiger partial charge in [0.25, 0.3) is 5.91 Å². The minimum absolute atomic E-state index is 0.0949. The molecule has 0 aliphatic heterocycles. The molecule has 2 heterocycles. The minimum Gasteiger partial charge on any atom is -0.347 e.